The number of benzene rings is 2. The van der Waals surface area contributed by atoms with Crippen LogP contribution in [0.4, 0.5) is 0 Å². The summed E-state index contributed by atoms with van der Waals surface area (Å²) in [5.74, 6) is 1.00. The van der Waals surface area contributed by atoms with E-state index in [4.69, 9.17) is 13.9 Å². The molecule has 0 amide bonds. The number of aromatic amines is 1. The summed E-state index contributed by atoms with van der Waals surface area (Å²) in [5, 5.41) is 10.3. The number of hydrogen-bond donors (Lipinski definition) is 1. The molecule has 2 aromatic heterocycles. The minimum atomic E-state index is -0.477. The van der Waals surface area contributed by atoms with Crippen molar-refractivity contribution in [2.24, 2.45) is 0 Å². The van der Waals surface area contributed by atoms with Gasteiger partial charge < -0.3 is 18.9 Å². The van der Waals surface area contributed by atoms with E-state index in [-0.39, 0.29) is 5.56 Å². The molecule has 6 nitrogen and oxygen atoms in total. The molecule has 2 aromatic carbocycles. The molecule has 138 valence electrons. The Kier molecular flexibility index (Phi) is 4.34. The van der Waals surface area contributed by atoms with E-state index in [1.165, 1.54) is 7.11 Å². The van der Waals surface area contributed by atoms with Gasteiger partial charge in [0.15, 0.2) is 0 Å². The standard InChI is InChI=1S/C22H16N2O4/c1-26-19-11-18-14(8-9-28-18)21(27-2)20(19)17-10-15(13-6-4-3-5-7-13)16(12-23)22(25)24-17/h3-11H,1-2H3,(H,24,25). The van der Waals surface area contributed by atoms with Gasteiger partial charge in [-0.15, -0.1) is 0 Å². The number of ether oxygens (including phenoxy) is 2. The van der Waals surface area contributed by atoms with Crippen molar-refractivity contribution in [3.63, 3.8) is 0 Å². The van der Waals surface area contributed by atoms with E-state index in [1.54, 1.807) is 31.6 Å². The Labute approximate surface area is 160 Å². The van der Waals surface area contributed by atoms with Gasteiger partial charge in [-0.3, -0.25) is 4.79 Å². The number of nitrogens with one attached hydrogen (secondary N) is 1. The summed E-state index contributed by atoms with van der Waals surface area (Å²) in [7, 11) is 3.08. The van der Waals surface area contributed by atoms with E-state index >= 15 is 0 Å². The Morgan fingerprint density at radius 3 is 2.54 bits per heavy atom. The zero-order valence-corrected chi connectivity index (χ0v) is 15.3. The first-order valence-electron chi connectivity index (χ1n) is 8.53. The van der Waals surface area contributed by atoms with E-state index < -0.39 is 5.56 Å². The fourth-order valence-electron chi connectivity index (χ4n) is 3.34. The van der Waals surface area contributed by atoms with E-state index in [0.29, 0.717) is 33.9 Å². The van der Waals surface area contributed by atoms with Crippen LogP contribution in [0.25, 0.3) is 33.4 Å². The molecule has 0 unspecified atom stereocenters. The molecule has 0 atom stereocenters. The molecule has 0 spiro atoms. The zero-order chi connectivity index (χ0) is 19.7. The maximum atomic E-state index is 12.7. The van der Waals surface area contributed by atoms with Gasteiger partial charge in [-0.1, -0.05) is 30.3 Å². The summed E-state index contributed by atoms with van der Waals surface area (Å²) in [6.07, 6.45) is 1.56. The van der Waals surface area contributed by atoms with Crippen LogP contribution >= 0.6 is 0 Å². The third-order valence-corrected chi connectivity index (χ3v) is 4.60. The largest absolute Gasteiger partial charge is 0.496 e. The normalized spacial score (nSPS) is 10.6. The van der Waals surface area contributed by atoms with Crippen molar-refractivity contribution in [2.75, 3.05) is 14.2 Å². The van der Waals surface area contributed by atoms with Crippen molar-refractivity contribution in [3.05, 3.63) is 70.7 Å². The van der Waals surface area contributed by atoms with Crippen molar-refractivity contribution in [1.29, 1.82) is 5.26 Å². The molecule has 4 aromatic rings. The summed E-state index contributed by atoms with van der Waals surface area (Å²) < 4.78 is 16.6. The van der Waals surface area contributed by atoms with Crippen LogP contribution in [-0.4, -0.2) is 19.2 Å². The van der Waals surface area contributed by atoms with Gasteiger partial charge in [-0.2, -0.15) is 5.26 Å². The van der Waals surface area contributed by atoms with Gasteiger partial charge >= 0.3 is 0 Å². The molecule has 2 heterocycles. The number of methoxy groups -OCH3 is 2. The molecule has 1 N–H and O–H groups in total. The number of rotatable bonds is 4. The fraction of sp³-hybridized carbons (Fsp3) is 0.0909. The summed E-state index contributed by atoms with van der Waals surface area (Å²) in [6.45, 7) is 0. The van der Waals surface area contributed by atoms with Crippen LogP contribution in [0, 0.1) is 11.3 Å². The molecule has 4 rings (SSSR count). The second kappa shape index (κ2) is 6.97. The van der Waals surface area contributed by atoms with Gasteiger partial charge in [0, 0.05) is 11.6 Å². The zero-order valence-electron chi connectivity index (χ0n) is 15.3. The van der Waals surface area contributed by atoms with Crippen LogP contribution < -0.4 is 15.0 Å². The highest BCUT2D eigenvalue weighted by Crippen LogP contribution is 2.44. The highest BCUT2D eigenvalue weighted by Gasteiger charge is 2.21. The Balaban J connectivity index is 2.07. The lowest BCUT2D eigenvalue weighted by molar-refractivity contribution is 0.399. The van der Waals surface area contributed by atoms with Crippen molar-refractivity contribution < 1.29 is 13.9 Å². The van der Waals surface area contributed by atoms with Crippen LogP contribution in [0.15, 0.2) is 64.0 Å². The van der Waals surface area contributed by atoms with Gasteiger partial charge in [-0.05, 0) is 17.7 Å². The molecular weight excluding hydrogens is 356 g/mol. The molecule has 28 heavy (non-hydrogen) atoms. The van der Waals surface area contributed by atoms with E-state index in [9.17, 15) is 10.1 Å². The SMILES string of the molecule is COc1cc2occc2c(OC)c1-c1cc(-c2ccccc2)c(C#N)c(=O)[nH]1. The van der Waals surface area contributed by atoms with Crippen molar-refractivity contribution in [2.45, 2.75) is 0 Å². The fourth-order valence-corrected chi connectivity index (χ4v) is 3.34. The molecule has 0 bridgehead atoms. The maximum Gasteiger partial charge on any atom is 0.266 e. The van der Waals surface area contributed by atoms with Crippen LogP contribution in [0.2, 0.25) is 0 Å². The first-order valence-corrected chi connectivity index (χ1v) is 8.53. The minimum Gasteiger partial charge on any atom is -0.496 e. The molecule has 0 aliphatic heterocycles. The van der Waals surface area contributed by atoms with Crippen molar-refractivity contribution in [3.8, 4) is 40.0 Å². The number of pyridine rings is 1. The topological polar surface area (TPSA) is 88.2 Å². The van der Waals surface area contributed by atoms with Crippen LogP contribution in [0.5, 0.6) is 11.5 Å². The van der Waals surface area contributed by atoms with E-state index in [0.717, 1.165) is 10.9 Å². The Morgan fingerprint density at radius 1 is 1.07 bits per heavy atom. The number of H-pyrrole nitrogens is 1. The van der Waals surface area contributed by atoms with Gasteiger partial charge in [-0.25, -0.2) is 0 Å². The average molecular weight is 372 g/mol. The summed E-state index contributed by atoms with van der Waals surface area (Å²) in [5.41, 5.74) is 2.56. The molecule has 0 fully saturated rings. The molecule has 6 heteroatoms. The maximum absolute atomic E-state index is 12.7. The number of fused-ring (bicyclic) bond motifs is 1. The lowest BCUT2D eigenvalue weighted by Gasteiger charge is -2.15. The highest BCUT2D eigenvalue weighted by atomic mass is 16.5. The smallest absolute Gasteiger partial charge is 0.266 e. The summed E-state index contributed by atoms with van der Waals surface area (Å²) in [6, 6.07) is 16.6. The number of nitrogens with zero attached hydrogens (tertiary/aromatic N) is 1. The summed E-state index contributed by atoms with van der Waals surface area (Å²) >= 11 is 0. The van der Waals surface area contributed by atoms with Crippen LogP contribution in [0.1, 0.15) is 5.56 Å². The number of furan rings is 1. The molecule has 0 saturated heterocycles. The number of nitriles is 1. The Morgan fingerprint density at radius 2 is 1.86 bits per heavy atom. The molecule has 0 aliphatic carbocycles. The van der Waals surface area contributed by atoms with Crippen molar-refractivity contribution >= 4 is 11.0 Å². The van der Waals surface area contributed by atoms with E-state index in [1.807, 2.05) is 36.4 Å². The van der Waals surface area contributed by atoms with Gasteiger partial charge in [0.25, 0.3) is 5.56 Å². The second-order valence-corrected chi connectivity index (χ2v) is 6.10. The highest BCUT2D eigenvalue weighted by molar-refractivity contribution is 5.95. The van der Waals surface area contributed by atoms with Crippen LogP contribution in [0.3, 0.4) is 0 Å². The van der Waals surface area contributed by atoms with E-state index in [2.05, 4.69) is 4.98 Å². The van der Waals surface area contributed by atoms with Crippen molar-refractivity contribution in [1.82, 2.24) is 4.98 Å². The minimum absolute atomic E-state index is 0.0530. The Hall–Kier alpha value is -3.98. The first kappa shape index (κ1) is 17.4. The number of aromatic nitrogens is 1. The third kappa shape index (κ3) is 2.70. The predicted molar refractivity (Wildman–Crippen MR) is 106 cm³/mol. The quantitative estimate of drug-likeness (QED) is 0.575. The second-order valence-electron chi connectivity index (χ2n) is 6.10. The molecule has 0 saturated carbocycles. The third-order valence-electron chi connectivity index (χ3n) is 4.60. The van der Waals surface area contributed by atoms with Gasteiger partial charge in [0.05, 0.1) is 37.1 Å². The molecular formula is C22H16N2O4. The van der Waals surface area contributed by atoms with Crippen LogP contribution in [-0.2, 0) is 0 Å². The average Bonchev–Trinajstić information content (AvgIpc) is 3.20. The lowest BCUT2D eigenvalue weighted by Crippen LogP contribution is -2.13. The monoisotopic (exact) mass is 372 g/mol. The molecule has 0 aliphatic rings. The van der Waals surface area contributed by atoms with Gasteiger partial charge in [0.2, 0.25) is 0 Å². The van der Waals surface area contributed by atoms with Gasteiger partial charge in [0.1, 0.15) is 28.7 Å². The Bertz CT molecular complexity index is 1260. The molecule has 0 radical (unpaired) electrons. The summed E-state index contributed by atoms with van der Waals surface area (Å²) in [4.78, 5) is 15.5. The predicted octanol–water partition coefficient (Wildman–Crippen LogP) is 4.34. The lowest BCUT2D eigenvalue weighted by atomic mass is 9.98. The first-order chi connectivity index (χ1) is 13.7. The number of hydrogen-bond acceptors (Lipinski definition) is 5.